The molecular weight excluding hydrogens is 430 g/mol. The Morgan fingerprint density at radius 3 is 2.50 bits per heavy atom. The van der Waals surface area contributed by atoms with Gasteiger partial charge < -0.3 is 4.74 Å². The number of carbonyl (C=O) groups excluding carboxylic acids is 1. The molecule has 1 aliphatic rings. The van der Waals surface area contributed by atoms with Gasteiger partial charge in [-0.15, -0.1) is 0 Å². The predicted molar refractivity (Wildman–Crippen MR) is 134 cm³/mol. The number of nitro benzene ring substituents is 1. The molecule has 0 aromatic heterocycles. The Labute approximate surface area is 200 Å². The molecule has 2 unspecified atom stereocenters. The summed E-state index contributed by atoms with van der Waals surface area (Å²) in [5.41, 5.74) is 5.39. The number of benzene rings is 2. The molecule has 0 saturated carbocycles. The van der Waals surface area contributed by atoms with Crippen LogP contribution in [0, 0.1) is 21.4 Å². The van der Waals surface area contributed by atoms with Gasteiger partial charge in [-0.1, -0.05) is 61.9 Å². The van der Waals surface area contributed by atoms with E-state index in [1.165, 1.54) is 29.8 Å². The quantitative estimate of drug-likeness (QED) is 0.221. The first kappa shape index (κ1) is 24.9. The topological polar surface area (TPSA) is 93.8 Å². The molecule has 0 bridgehead atoms. The van der Waals surface area contributed by atoms with Gasteiger partial charge in [-0.25, -0.2) is 5.43 Å². The van der Waals surface area contributed by atoms with E-state index in [-0.39, 0.29) is 11.1 Å². The molecular formula is C27H31N3O4. The number of hydrazone groups is 1. The van der Waals surface area contributed by atoms with Gasteiger partial charge in [0.25, 0.3) is 11.6 Å². The Bertz CT molecular complexity index is 1100. The third-order valence-electron chi connectivity index (χ3n) is 6.10. The molecule has 7 nitrogen and oxygen atoms in total. The van der Waals surface area contributed by atoms with Gasteiger partial charge in [0, 0.05) is 23.6 Å². The second-order valence-corrected chi connectivity index (χ2v) is 9.20. The van der Waals surface area contributed by atoms with Crippen LogP contribution in [0.2, 0.25) is 0 Å². The molecule has 2 atom stereocenters. The van der Waals surface area contributed by atoms with Crippen molar-refractivity contribution in [2.45, 2.75) is 46.6 Å². The minimum atomic E-state index is -0.967. The lowest BCUT2D eigenvalue weighted by molar-refractivity contribution is -0.384. The number of nitrogens with zero attached hydrogens (tertiary/aromatic N) is 2. The first-order valence-electron chi connectivity index (χ1n) is 11.3. The van der Waals surface area contributed by atoms with Gasteiger partial charge in [-0.05, 0) is 50.3 Å². The van der Waals surface area contributed by atoms with Gasteiger partial charge in [0.15, 0.2) is 0 Å². The minimum Gasteiger partial charge on any atom is -0.476 e. The first-order valence-corrected chi connectivity index (χ1v) is 11.3. The minimum absolute atomic E-state index is 0.0497. The second-order valence-electron chi connectivity index (χ2n) is 9.20. The molecule has 2 aromatic carbocycles. The van der Waals surface area contributed by atoms with Crippen molar-refractivity contribution in [3.8, 4) is 5.75 Å². The van der Waals surface area contributed by atoms with Crippen molar-refractivity contribution in [3.63, 3.8) is 0 Å². The Balaban J connectivity index is 1.73. The third kappa shape index (κ3) is 6.41. The highest BCUT2D eigenvalue weighted by Crippen LogP contribution is 2.41. The number of amides is 1. The lowest BCUT2D eigenvalue weighted by Gasteiger charge is -2.36. The molecule has 34 heavy (non-hydrogen) atoms. The van der Waals surface area contributed by atoms with Crippen LogP contribution in [0.5, 0.6) is 5.75 Å². The van der Waals surface area contributed by atoms with Crippen molar-refractivity contribution >= 4 is 17.3 Å². The van der Waals surface area contributed by atoms with E-state index in [1.807, 2.05) is 31.2 Å². The standard InChI is InChI=1S/C27H31N3O4/c1-19-9-8-18-27(3,4)24(19)17-12-20(2)28-29-26(31)25(21-10-6-5-7-11-21)34-23-15-13-22(14-16-23)30(32)33/h5-7,9-17,24-25H,8,18H2,1-4H3,(H,29,31)/b17-12+,28-20-. The normalized spacial score (nSPS) is 18.8. The molecule has 178 valence electrons. The molecule has 2 aromatic rings. The number of hydrogen-bond donors (Lipinski definition) is 1. The van der Waals surface area contributed by atoms with Gasteiger partial charge in [-0.3, -0.25) is 14.9 Å². The number of carbonyl (C=O) groups is 1. The Kier molecular flexibility index (Phi) is 7.99. The number of nitro groups is 1. The van der Waals surface area contributed by atoms with Crippen molar-refractivity contribution in [1.82, 2.24) is 5.43 Å². The van der Waals surface area contributed by atoms with Crippen LogP contribution < -0.4 is 10.2 Å². The first-order chi connectivity index (χ1) is 16.2. The van der Waals surface area contributed by atoms with Crippen molar-refractivity contribution in [3.05, 3.63) is 94.1 Å². The fourth-order valence-electron chi connectivity index (χ4n) is 4.14. The van der Waals surface area contributed by atoms with E-state index in [0.29, 0.717) is 22.9 Å². The fraction of sp³-hybridized carbons (Fsp3) is 0.333. The second kappa shape index (κ2) is 10.9. The summed E-state index contributed by atoms with van der Waals surface area (Å²) in [4.78, 5) is 23.4. The van der Waals surface area contributed by atoms with Crippen molar-refractivity contribution < 1.29 is 14.5 Å². The van der Waals surface area contributed by atoms with Crippen molar-refractivity contribution in [2.24, 2.45) is 16.4 Å². The molecule has 0 radical (unpaired) electrons. The average molecular weight is 462 g/mol. The molecule has 0 spiro atoms. The summed E-state index contributed by atoms with van der Waals surface area (Å²) in [7, 11) is 0. The summed E-state index contributed by atoms with van der Waals surface area (Å²) >= 11 is 0. The van der Waals surface area contributed by atoms with Crippen molar-refractivity contribution in [1.29, 1.82) is 0 Å². The molecule has 7 heteroatoms. The zero-order valence-electron chi connectivity index (χ0n) is 20.0. The van der Waals surface area contributed by atoms with Gasteiger partial charge in [0.1, 0.15) is 5.75 Å². The highest BCUT2D eigenvalue weighted by molar-refractivity contribution is 5.94. The summed E-state index contributed by atoms with van der Waals surface area (Å²) < 4.78 is 5.90. The van der Waals surface area contributed by atoms with E-state index in [4.69, 9.17) is 4.74 Å². The maximum atomic E-state index is 13.0. The summed E-state index contributed by atoms with van der Waals surface area (Å²) in [6.45, 7) is 8.53. The predicted octanol–water partition coefficient (Wildman–Crippen LogP) is 6.15. The Hall–Kier alpha value is -3.74. The largest absolute Gasteiger partial charge is 0.476 e. The molecule has 0 aliphatic heterocycles. The van der Waals surface area contributed by atoms with Crippen LogP contribution in [0.4, 0.5) is 5.69 Å². The number of non-ortho nitro benzene ring substituents is 1. The maximum Gasteiger partial charge on any atom is 0.285 e. The third-order valence-corrected chi connectivity index (χ3v) is 6.10. The molecule has 0 heterocycles. The monoisotopic (exact) mass is 461 g/mol. The zero-order valence-corrected chi connectivity index (χ0v) is 20.0. The highest BCUT2D eigenvalue weighted by Gasteiger charge is 2.30. The molecule has 3 rings (SSSR count). The highest BCUT2D eigenvalue weighted by atomic mass is 16.6. The fourth-order valence-corrected chi connectivity index (χ4v) is 4.14. The molecule has 0 fully saturated rings. The van der Waals surface area contributed by atoms with E-state index in [2.05, 4.69) is 43.5 Å². The molecule has 0 saturated heterocycles. The lowest BCUT2D eigenvalue weighted by Crippen LogP contribution is -2.29. The van der Waals surface area contributed by atoms with Crippen LogP contribution >= 0.6 is 0 Å². The van der Waals surface area contributed by atoms with Crippen LogP contribution in [0.1, 0.15) is 52.2 Å². The van der Waals surface area contributed by atoms with Crippen LogP contribution in [0.25, 0.3) is 0 Å². The zero-order chi connectivity index (χ0) is 24.7. The van der Waals surface area contributed by atoms with Gasteiger partial charge in [-0.2, -0.15) is 5.10 Å². The number of rotatable bonds is 8. The van der Waals surface area contributed by atoms with E-state index in [0.717, 1.165) is 12.8 Å². The number of hydrogen-bond acceptors (Lipinski definition) is 5. The van der Waals surface area contributed by atoms with E-state index in [1.54, 1.807) is 12.1 Å². The van der Waals surface area contributed by atoms with Crippen LogP contribution in [-0.4, -0.2) is 16.5 Å². The lowest BCUT2D eigenvalue weighted by atomic mass is 9.68. The maximum absolute atomic E-state index is 13.0. The average Bonchev–Trinajstić information content (AvgIpc) is 2.81. The summed E-state index contributed by atoms with van der Waals surface area (Å²) in [6.07, 6.45) is 7.63. The van der Waals surface area contributed by atoms with Gasteiger partial charge >= 0.3 is 0 Å². The van der Waals surface area contributed by atoms with Crippen molar-refractivity contribution in [2.75, 3.05) is 0 Å². The van der Waals surface area contributed by atoms with Crippen LogP contribution in [-0.2, 0) is 4.79 Å². The van der Waals surface area contributed by atoms with Gasteiger partial charge in [0.05, 0.1) is 10.6 Å². The van der Waals surface area contributed by atoms with Gasteiger partial charge in [0.2, 0.25) is 6.10 Å². The Morgan fingerprint density at radius 2 is 1.88 bits per heavy atom. The summed E-state index contributed by atoms with van der Waals surface area (Å²) in [5, 5.41) is 15.1. The molecule has 1 aliphatic carbocycles. The SMILES string of the molecule is CC1=CCCC(C)(C)C1/C=C/C(C)=N\NC(=O)C(Oc1ccc([N+](=O)[O-])cc1)c1ccccc1. The number of nitrogens with one attached hydrogen (secondary N) is 1. The van der Waals surface area contributed by atoms with E-state index in [9.17, 15) is 14.9 Å². The van der Waals surface area contributed by atoms with Crippen LogP contribution in [0.3, 0.4) is 0 Å². The van der Waals surface area contributed by atoms with E-state index < -0.39 is 16.9 Å². The number of allylic oxidation sites excluding steroid dienone is 4. The van der Waals surface area contributed by atoms with Crippen LogP contribution in [0.15, 0.2) is 83.5 Å². The molecule has 1 amide bonds. The number of ether oxygens (including phenoxy) is 1. The molecule has 1 N–H and O–H groups in total. The summed E-state index contributed by atoms with van der Waals surface area (Å²) in [5.74, 6) is 0.230. The summed E-state index contributed by atoms with van der Waals surface area (Å²) in [6, 6.07) is 14.7. The van der Waals surface area contributed by atoms with E-state index >= 15 is 0 Å². The Morgan fingerprint density at radius 1 is 1.21 bits per heavy atom. The smallest absolute Gasteiger partial charge is 0.285 e.